The van der Waals surface area contributed by atoms with Crippen LogP contribution in [0.25, 0.3) is 0 Å². The van der Waals surface area contributed by atoms with E-state index in [1.54, 1.807) is 0 Å². The van der Waals surface area contributed by atoms with Crippen LogP contribution >= 0.6 is 11.6 Å². The predicted octanol–water partition coefficient (Wildman–Crippen LogP) is 0.961. The Kier molecular flexibility index (Phi) is 11.7. The van der Waals surface area contributed by atoms with Crippen molar-refractivity contribution < 1.29 is 14.6 Å². The summed E-state index contributed by atoms with van der Waals surface area (Å²) >= 11 is 5.58. The number of halogens is 1. The molecule has 5 heteroatoms. The monoisotopic (exact) mass is 253 g/mol. The zero-order chi connectivity index (χ0) is 12.2. The van der Waals surface area contributed by atoms with E-state index in [1.807, 2.05) is 13.8 Å². The third-order valence-electron chi connectivity index (χ3n) is 2.16. The topological polar surface area (TPSA) is 41.9 Å². The normalized spacial score (nSPS) is 13.3. The molecule has 0 aliphatic carbocycles. The first-order valence-electron chi connectivity index (χ1n) is 5.86. The van der Waals surface area contributed by atoms with Gasteiger partial charge in [-0.3, -0.25) is 4.90 Å². The fraction of sp³-hybridized carbons (Fsp3) is 1.00. The Morgan fingerprint density at radius 3 is 2.00 bits per heavy atom. The van der Waals surface area contributed by atoms with Gasteiger partial charge >= 0.3 is 0 Å². The molecule has 0 aliphatic rings. The van der Waals surface area contributed by atoms with Gasteiger partial charge in [0.05, 0.1) is 19.3 Å². The number of rotatable bonds is 11. The molecule has 1 N–H and O–H groups in total. The Bertz CT molecular complexity index is 139. The largest absolute Gasteiger partial charge is 0.391 e. The Balaban J connectivity index is 3.75. The van der Waals surface area contributed by atoms with Crippen LogP contribution in [0.4, 0.5) is 0 Å². The van der Waals surface area contributed by atoms with E-state index in [4.69, 9.17) is 21.1 Å². The van der Waals surface area contributed by atoms with Crippen molar-refractivity contribution in [1.82, 2.24) is 4.90 Å². The average Bonchev–Trinajstić information content (AvgIpc) is 2.29. The molecule has 0 fully saturated rings. The minimum atomic E-state index is -0.482. The molecule has 1 atom stereocenters. The first-order chi connectivity index (χ1) is 7.74. The molecule has 0 aliphatic heterocycles. The van der Waals surface area contributed by atoms with Crippen molar-refractivity contribution in [3.05, 3.63) is 0 Å². The predicted molar refractivity (Wildman–Crippen MR) is 66.2 cm³/mol. The van der Waals surface area contributed by atoms with E-state index in [0.717, 1.165) is 26.3 Å². The van der Waals surface area contributed by atoms with Gasteiger partial charge in [0.1, 0.15) is 0 Å². The van der Waals surface area contributed by atoms with Crippen molar-refractivity contribution >= 4 is 11.6 Å². The molecule has 0 rings (SSSR count). The molecule has 0 bridgehead atoms. The number of aliphatic hydroxyl groups excluding tert-OH is 1. The molecule has 0 aromatic rings. The van der Waals surface area contributed by atoms with Crippen LogP contribution in [0, 0.1) is 0 Å². The molecule has 0 spiro atoms. The Labute approximate surface area is 103 Å². The standard InChI is InChI=1S/C11H24ClNO3/c1-3-15-7-5-13(6-8-16-4-2)10-11(14)9-12/h11,14H,3-10H2,1-2H3. The lowest BCUT2D eigenvalue weighted by Gasteiger charge is -2.23. The molecule has 0 aromatic carbocycles. The number of ether oxygens (including phenoxy) is 2. The van der Waals surface area contributed by atoms with E-state index in [0.29, 0.717) is 19.8 Å². The highest BCUT2D eigenvalue weighted by molar-refractivity contribution is 6.18. The van der Waals surface area contributed by atoms with Gasteiger partial charge in [-0.25, -0.2) is 0 Å². The molecule has 0 heterocycles. The van der Waals surface area contributed by atoms with Crippen molar-refractivity contribution in [2.45, 2.75) is 20.0 Å². The van der Waals surface area contributed by atoms with Gasteiger partial charge in [0, 0.05) is 38.7 Å². The number of aliphatic hydroxyl groups is 1. The zero-order valence-electron chi connectivity index (χ0n) is 10.3. The van der Waals surface area contributed by atoms with Crippen LogP contribution in [0.2, 0.25) is 0 Å². The summed E-state index contributed by atoms with van der Waals surface area (Å²) in [5, 5.41) is 9.49. The van der Waals surface area contributed by atoms with Crippen LogP contribution in [0.1, 0.15) is 13.8 Å². The van der Waals surface area contributed by atoms with Crippen LogP contribution in [0.3, 0.4) is 0 Å². The van der Waals surface area contributed by atoms with Gasteiger partial charge in [0.15, 0.2) is 0 Å². The van der Waals surface area contributed by atoms with Gasteiger partial charge in [-0.2, -0.15) is 0 Å². The summed E-state index contributed by atoms with van der Waals surface area (Å²) in [6.07, 6.45) is -0.482. The maximum absolute atomic E-state index is 9.49. The maximum Gasteiger partial charge on any atom is 0.0802 e. The lowest BCUT2D eigenvalue weighted by molar-refractivity contribution is 0.0591. The molecule has 0 saturated carbocycles. The minimum absolute atomic E-state index is 0.264. The van der Waals surface area contributed by atoms with Gasteiger partial charge in [-0.15, -0.1) is 11.6 Å². The highest BCUT2D eigenvalue weighted by Gasteiger charge is 2.10. The summed E-state index contributed by atoms with van der Waals surface area (Å²) in [4.78, 5) is 2.11. The number of alkyl halides is 1. The minimum Gasteiger partial charge on any atom is -0.391 e. The van der Waals surface area contributed by atoms with E-state index >= 15 is 0 Å². The molecule has 4 nitrogen and oxygen atoms in total. The number of hydrogen-bond acceptors (Lipinski definition) is 4. The SMILES string of the molecule is CCOCCN(CCOCC)CC(O)CCl. The molecule has 0 saturated heterocycles. The highest BCUT2D eigenvalue weighted by Crippen LogP contribution is 1.96. The van der Waals surface area contributed by atoms with Crippen molar-refractivity contribution in [3.63, 3.8) is 0 Å². The van der Waals surface area contributed by atoms with Crippen molar-refractivity contribution in [2.24, 2.45) is 0 Å². The summed E-state index contributed by atoms with van der Waals surface area (Å²) in [7, 11) is 0. The van der Waals surface area contributed by atoms with Gasteiger partial charge in [-0.05, 0) is 13.8 Å². The van der Waals surface area contributed by atoms with Gasteiger partial charge < -0.3 is 14.6 Å². The van der Waals surface area contributed by atoms with Gasteiger partial charge in [-0.1, -0.05) is 0 Å². The van der Waals surface area contributed by atoms with Crippen LogP contribution in [-0.4, -0.2) is 68.1 Å². The molecular formula is C11H24ClNO3. The first kappa shape index (κ1) is 16.1. The van der Waals surface area contributed by atoms with E-state index in [2.05, 4.69) is 4.90 Å². The van der Waals surface area contributed by atoms with Crippen LogP contribution < -0.4 is 0 Å². The second kappa shape index (κ2) is 11.6. The smallest absolute Gasteiger partial charge is 0.0802 e. The summed E-state index contributed by atoms with van der Waals surface area (Å²) in [6.45, 7) is 8.91. The summed E-state index contributed by atoms with van der Waals surface area (Å²) in [5.41, 5.74) is 0. The fourth-order valence-corrected chi connectivity index (χ4v) is 1.41. The third-order valence-corrected chi connectivity index (χ3v) is 2.52. The van der Waals surface area contributed by atoms with Gasteiger partial charge in [0.2, 0.25) is 0 Å². The molecule has 16 heavy (non-hydrogen) atoms. The third kappa shape index (κ3) is 9.36. The average molecular weight is 254 g/mol. The van der Waals surface area contributed by atoms with Gasteiger partial charge in [0.25, 0.3) is 0 Å². The Morgan fingerprint density at radius 2 is 1.62 bits per heavy atom. The quantitative estimate of drug-likeness (QED) is 0.440. The molecule has 98 valence electrons. The van der Waals surface area contributed by atoms with Crippen molar-refractivity contribution in [2.75, 3.05) is 51.9 Å². The number of nitrogens with zero attached hydrogens (tertiary/aromatic N) is 1. The second-order valence-electron chi connectivity index (χ2n) is 3.50. The first-order valence-corrected chi connectivity index (χ1v) is 6.39. The highest BCUT2D eigenvalue weighted by atomic mass is 35.5. The fourth-order valence-electron chi connectivity index (χ4n) is 1.32. The molecule has 0 aromatic heterocycles. The van der Waals surface area contributed by atoms with Crippen molar-refractivity contribution in [3.8, 4) is 0 Å². The lowest BCUT2D eigenvalue weighted by Crippen LogP contribution is -2.38. The molecule has 1 unspecified atom stereocenters. The summed E-state index contributed by atoms with van der Waals surface area (Å²) < 4.78 is 10.6. The zero-order valence-corrected chi connectivity index (χ0v) is 11.1. The van der Waals surface area contributed by atoms with Crippen LogP contribution in [-0.2, 0) is 9.47 Å². The summed E-state index contributed by atoms with van der Waals surface area (Å²) in [5.74, 6) is 0.264. The van der Waals surface area contributed by atoms with E-state index in [9.17, 15) is 5.11 Å². The van der Waals surface area contributed by atoms with Crippen LogP contribution in [0.5, 0.6) is 0 Å². The van der Waals surface area contributed by atoms with E-state index in [-0.39, 0.29) is 5.88 Å². The second-order valence-corrected chi connectivity index (χ2v) is 3.81. The van der Waals surface area contributed by atoms with E-state index < -0.39 is 6.10 Å². The lowest BCUT2D eigenvalue weighted by atomic mass is 10.3. The molecule has 0 radical (unpaired) electrons. The van der Waals surface area contributed by atoms with E-state index in [1.165, 1.54) is 0 Å². The van der Waals surface area contributed by atoms with Crippen molar-refractivity contribution in [1.29, 1.82) is 0 Å². The number of hydrogen-bond donors (Lipinski definition) is 1. The molecular weight excluding hydrogens is 230 g/mol. The Hall–Kier alpha value is 0.130. The maximum atomic E-state index is 9.49. The summed E-state index contributed by atoms with van der Waals surface area (Å²) in [6, 6.07) is 0. The van der Waals surface area contributed by atoms with Crippen LogP contribution in [0.15, 0.2) is 0 Å². The molecule has 0 amide bonds. The Morgan fingerprint density at radius 1 is 1.12 bits per heavy atom.